The lowest BCUT2D eigenvalue weighted by molar-refractivity contribution is -0.128. The van der Waals surface area contributed by atoms with Gasteiger partial charge in [0.2, 0.25) is 5.95 Å². The largest absolute Gasteiger partial charge is 0.363 e. The van der Waals surface area contributed by atoms with Crippen molar-refractivity contribution in [1.82, 2.24) is 9.55 Å². The Balaban J connectivity index is 1.65. The second-order valence-corrected chi connectivity index (χ2v) is 5.82. The minimum Gasteiger partial charge on any atom is -0.363 e. The smallest absolute Gasteiger partial charge is 0.260 e. The number of imidazole rings is 1. The number of hydrogen-bond donors (Lipinski definition) is 1. The van der Waals surface area contributed by atoms with Crippen molar-refractivity contribution in [3.8, 4) is 0 Å². The summed E-state index contributed by atoms with van der Waals surface area (Å²) >= 11 is 0. The fourth-order valence-corrected chi connectivity index (χ4v) is 3.07. The van der Waals surface area contributed by atoms with Crippen LogP contribution in [0.4, 0.5) is 10.3 Å². The van der Waals surface area contributed by atoms with Gasteiger partial charge in [-0.2, -0.15) is 0 Å². The molecular formula is C18H16FN3O2. The number of nitrogens with zero attached hydrogens (tertiary/aromatic N) is 2. The number of benzene rings is 2. The van der Waals surface area contributed by atoms with Gasteiger partial charge in [-0.25, -0.2) is 9.37 Å². The van der Waals surface area contributed by atoms with Gasteiger partial charge in [0.25, 0.3) is 5.91 Å². The van der Waals surface area contributed by atoms with Crippen LogP contribution < -0.4 is 5.32 Å². The predicted molar refractivity (Wildman–Crippen MR) is 88.1 cm³/mol. The minimum atomic E-state index is -0.661. The first-order chi connectivity index (χ1) is 11.6. The standard InChI is InChI=1S/C18H16FN3O2/c1-22-15-7-6-12(19)10-14(15)20-18(22)21-17(23)16-13-5-3-2-4-11(13)8-9-24-16/h2-7,10,16H,8-9H2,1H3,(H,20,21,23)/t16-/m0/s1. The molecule has 0 aliphatic carbocycles. The van der Waals surface area contributed by atoms with Crippen LogP contribution in [0.2, 0.25) is 0 Å². The van der Waals surface area contributed by atoms with Crippen LogP contribution in [0.15, 0.2) is 42.5 Å². The number of anilines is 1. The summed E-state index contributed by atoms with van der Waals surface area (Å²) in [6, 6.07) is 12.1. The first-order valence-corrected chi connectivity index (χ1v) is 7.76. The molecule has 1 aliphatic heterocycles. The number of carbonyl (C=O) groups excluding carboxylic acids is 1. The van der Waals surface area contributed by atoms with E-state index in [1.807, 2.05) is 24.3 Å². The molecule has 1 aliphatic rings. The van der Waals surface area contributed by atoms with Crippen LogP contribution in [0.25, 0.3) is 11.0 Å². The van der Waals surface area contributed by atoms with Crippen molar-refractivity contribution in [2.75, 3.05) is 11.9 Å². The van der Waals surface area contributed by atoms with Crippen molar-refractivity contribution < 1.29 is 13.9 Å². The van der Waals surface area contributed by atoms with E-state index in [1.165, 1.54) is 12.1 Å². The highest BCUT2D eigenvalue weighted by molar-refractivity contribution is 5.95. The molecule has 4 rings (SSSR count). The van der Waals surface area contributed by atoms with Crippen LogP contribution in [-0.4, -0.2) is 22.1 Å². The van der Waals surface area contributed by atoms with Crippen LogP contribution in [0.1, 0.15) is 17.2 Å². The van der Waals surface area contributed by atoms with Crippen molar-refractivity contribution in [2.24, 2.45) is 7.05 Å². The van der Waals surface area contributed by atoms with E-state index in [2.05, 4.69) is 10.3 Å². The molecule has 0 bridgehead atoms. The number of aromatic nitrogens is 2. The quantitative estimate of drug-likeness (QED) is 0.788. The van der Waals surface area contributed by atoms with Gasteiger partial charge in [-0.1, -0.05) is 24.3 Å². The zero-order chi connectivity index (χ0) is 16.7. The van der Waals surface area contributed by atoms with Crippen LogP contribution in [0, 0.1) is 5.82 Å². The first kappa shape index (κ1) is 14.8. The molecule has 0 saturated heterocycles. The highest BCUT2D eigenvalue weighted by atomic mass is 19.1. The van der Waals surface area contributed by atoms with Gasteiger partial charge in [-0.05, 0) is 29.7 Å². The number of amides is 1. The maximum absolute atomic E-state index is 13.3. The number of halogens is 1. The second-order valence-electron chi connectivity index (χ2n) is 5.82. The van der Waals surface area contributed by atoms with Gasteiger partial charge < -0.3 is 9.30 Å². The summed E-state index contributed by atoms with van der Waals surface area (Å²) in [4.78, 5) is 17.0. The first-order valence-electron chi connectivity index (χ1n) is 7.76. The molecule has 3 aromatic rings. The van der Waals surface area contributed by atoms with E-state index in [-0.39, 0.29) is 11.7 Å². The van der Waals surface area contributed by atoms with Gasteiger partial charge in [-0.3, -0.25) is 10.1 Å². The normalized spacial score (nSPS) is 16.8. The number of nitrogens with one attached hydrogen (secondary N) is 1. The summed E-state index contributed by atoms with van der Waals surface area (Å²) in [7, 11) is 1.78. The Morgan fingerprint density at radius 3 is 3.04 bits per heavy atom. The Morgan fingerprint density at radius 1 is 1.33 bits per heavy atom. The van der Waals surface area contributed by atoms with Crippen molar-refractivity contribution in [3.05, 3.63) is 59.4 Å². The molecule has 24 heavy (non-hydrogen) atoms. The molecule has 0 unspecified atom stereocenters. The van der Waals surface area contributed by atoms with E-state index in [1.54, 1.807) is 17.7 Å². The van der Waals surface area contributed by atoms with Crippen molar-refractivity contribution in [1.29, 1.82) is 0 Å². The third kappa shape index (κ3) is 2.45. The van der Waals surface area contributed by atoms with Gasteiger partial charge in [0.05, 0.1) is 17.6 Å². The third-order valence-corrected chi connectivity index (χ3v) is 4.31. The average Bonchev–Trinajstić information content (AvgIpc) is 2.89. The SMILES string of the molecule is Cn1c(NC(=O)[C@H]2OCCc3ccccc32)nc2cc(F)ccc21. The number of fused-ring (bicyclic) bond motifs is 2. The lowest BCUT2D eigenvalue weighted by atomic mass is 9.97. The Morgan fingerprint density at radius 2 is 2.17 bits per heavy atom. The summed E-state index contributed by atoms with van der Waals surface area (Å²) in [5.41, 5.74) is 3.25. The Labute approximate surface area is 138 Å². The summed E-state index contributed by atoms with van der Waals surface area (Å²) in [6.07, 6.45) is 0.136. The van der Waals surface area contributed by atoms with Gasteiger partial charge in [-0.15, -0.1) is 0 Å². The molecular weight excluding hydrogens is 309 g/mol. The molecule has 1 aromatic heterocycles. The van der Waals surface area contributed by atoms with Crippen molar-refractivity contribution in [3.63, 3.8) is 0 Å². The molecule has 0 radical (unpaired) electrons. The third-order valence-electron chi connectivity index (χ3n) is 4.31. The predicted octanol–water partition coefficient (Wildman–Crippen LogP) is 2.96. The molecule has 2 aromatic carbocycles. The van der Waals surface area contributed by atoms with Crippen LogP contribution in [0.5, 0.6) is 0 Å². The zero-order valence-corrected chi connectivity index (χ0v) is 13.1. The number of hydrogen-bond acceptors (Lipinski definition) is 3. The molecule has 0 saturated carbocycles. The molecule has 1 N–H and O–H groups in total. The van der Waals surface area contributed by atoms with Gasteiger partial charge in [0, 0.05) is 13.1 Å². The Kier molecular flexibility index (Phi) is 3.54. The fraction of sp³-hybridized carbons (Fsp3) is 0.222. The van der Waals surface area contributed by atoms with Crippen LogP contribution in [0.3, 0.4) is 0 Å². The van der Waals surface area contributed by atoms with Gasteiger partial charge >= 0.3 is 0 Å². The lowest BCUT2D eigenvalue weighted by Crippen LogP contribution is -2.29. The second kappa shape index (κ2) is 5.72. The maximum Gasteiger partial charge on any atom is 0.260 e. The van der Waals surface area contributed by atoms with Crippen LogP contribution >= 0.6 is 0 Å². The highest BCUT2D eigenvalue weighted by Gasteiger charge is 2.28. The Bertz CT molecular complexity index is 935. The van der Waals surface area contributed by atoms with E-state index >= 15 is 0 Å². The average molecular weight is 325 g/mol. The monoisotopic (exact) mass is 325 g/mol. The summed E-state index contributed by atoms with van der Waals surface area (Å²) in [6.45, 7) is 0.503. The topological polar surface area (TPSA) is 56.2 Å². The highest BCUT2D eigenvalue weighted by Crippen LogP contribution is 2.28. The van der Waals surface area contributed by atoms with E-state index < -0.39 is 6.10 Å². The summed E-state index contributed by atoms with van der Waals surface area (Å²) in [5.74, 6) is -0.267. The fourth-order valence-electron chi connectivity index (χ4n) is 3.07. The molecule has 5 nitrogen and oxygen atoms in total. The molecule has 0 spiro atoms. The van der Waals surface area contributed by atoms with Gasteiger partial charge in [0.1, 0.15) is 5.82 Å². The molecule has 2 heterocycles. The summed E-state index contributed by atoms with van der Waals surface area (Å²) < 4.78 is 20.7. The van der Waals surface area contributed by atoms with E-state index in [0.717, 1.165) is 23.1 Å². The molecule has 6 heteroatoms. The van der Waals surface area contributed by atoms with Crippen molar-refractivity contribution in [2.45, 2.75) is 12.5 Å². The molecule has 122 valence electrons. The number of carbonyl (C=O) groups is 1. The van der Waals surface area contributed by atoms with E-state index in [4.69, 9.17) is 4.74 Å². The minimum absolute atomic E-state index is 0.277. The molecule has 0 fully saturated rings. The number of rotatable bonds is 2. The van der Waals surface area contributed by atoms with E-state index in [9.17, 15) is 9.18 Å². The van der Waals surface area contributed by atoms with Crippen molar-refractivity contribution >= 4 is 22.9 Å². The lowest BCUT2D eigenvalue weighted by Gasteiger charge is -2.24. The number of ether oxygens (including phenoxy) is 1. The van der Waals surface area contributed by atoms with E-state index in [0.29, 0.717) is 18.1 Å². The molecule has 1 atom stereocenters. The maximum atomic E-state index is 13.3. The van der Waals surface area contributed by atoms with Gasteiger partial charge in [0.15, 0.2) is 6.10 Å². The Hall–Kier alpha value is -2.73. The molecule has 1 amide bonds. The number of aryl methyl sites for hydroxylation is 1. The zero-order valence-electron chi connectivity index (χ0n) is 13.1. The van der Waals surface area contributed by atoms with Crippen LogP contribution in [-0.2, 0) is 23.0 Å². The summed E-state index contributed by atoms with van der Waals surface area (Å²) in [5, 5.41) is 2.80.